The average molecular weight is 296 g/mol. The third-order valence-corrected chi connectivity index (χ3v) is 5.00. The molecule has 0 aromatic carbocycles. The molecule has 5 heteroatoms. The van der Waals surface area contributed by atoms with Crippen LogP contribution in [0.2, 0.25) is 0 Å². The van der Waals surface area contributed by atoms with Crippen LogP contribution in [0.1, 0.15) is 65.2 Å². The lowest BCUT2D eigenvalue weighted by Crippen LogP contribution is -2.56. The van der Waals surface area contributed by atoms with Crippen molar-refractivity contribution in [2.45, 2.75) is 76.8 Å². The largest absolute Gasteiger partial charge is 0.481 e. The normalized spacial score (nSPS) is 25.1. The van der Waals surface area contributed by atoms with Crippen LogP contribution in [0.3, 0.4) is 0 Å². The molecule has 1 saturated heterocycles. The second kappa shape index (κ2) is 6.67. The molecule has 120 valence electrons. The lowest BCUT2D eigenvalue weighted by Gasteiger charge is -2.39. The van der Waals surface area contributed by atoms with Gasteiger partial charge in [0.2, 0.25) is 0 Å². The van der Waals surface area contributed by atoms with Gasteiger partial charge in [0.15, 0.2) is 0 Å². The zero-order valence-corrected chi connectivity index (χ0v) is 13.2. The molecule has 5 nitrogen and oxygen atoms in total. The first-order chi connectivity index (χ1) is 9.93. The van der Waals surface area contributed by atoms with E-state index in [4.69, 9.17) is 0 Å². The van der Waals surface area contributed by atoms with E-state index in [-0.39, 0.29) is 18.5 Å². The first-order valence-electron chi connectivity index (χ1n) is 8.24. The van der Waals surface area contributed by atoms with E-state index < -0.39 is 11.5 Å². The Kier molecular flexibility index (Phi) is 5.12. The molecule has 0 spiro atoms. The number of likely N-dealkylation sites (tertiary alicyclic amines) is 1. The SMILES string of the molecule is CC(C)C1CCCN1C(=O)NC1(CC(=O)O)CCCCC1. The zero-order chi connectivity index (χ0) is 15.5. The lowest BCUT2D eigenvalue weighted by atomic mass is 9.79. The molecule has 1 saturated carbocycles. The minimum absolute atomic E-state index is 0.0406. The first-order valence-corrected chi connectivity index (χ1v) is 8.24. The molecular weight excluding hydrogens is 268 g/mol. The average Bonchev–Trinajstić information content (AvgIpc) is 2.87. The molecule has 1 unspecified atom stereocenters. The number of amides is 2. The fraction of sp³-hybridized carbons (Fsp3) is 0.875. The van der Waals surface area contributed by atoms with Gasteiger partial charge in [-0.1, -0.05) is 33.1 Å². The van der Waals surface area contributed by atoms with Crippen molar-refractivity contribution in [1.29, 1.82) is 0 Å². The van der Waals surface area contributed by atoms with Gasteiger partial charge in [0.05, 0.1) is 12.0 Å². The molecule has 0 bridgehead atoms. The van der Waals surface area contributed by atoms with E-state index in [1.165, 1.54) is 0 Å². The number of carbonyl (C=O) groups excluding carboxylic acids is 1. The van der Waals surface area contributed by atoms with Crippen molar-refractivity contribution in [3.05, 3.63) is 0 Å². The van der Waals surface area contributed by atoms with Crippen LogP contribution in [0.4, 0.5) is 4.79 Å². The topological polar surface area (TPSA) is 69.6 Å². The van der Waals surface area contributed by atoms with Crippen LogP contribution in [0.25, 0.3) is 0 Å². The van der Waals surface area contributed by atoms with Gasteiger partial charge in [0.25, 0.3) is 0 Å². The maximum atomic E-state index is 12.6. The summed E-state index contributed by atoms with van der Waals surface area (Å²) in [5.74, 6) is -0.376. The highest BCUT2D eigenvalue weighted by Gasteiger charge is 2.39. The Bertz CT molecular complexity index is 389. The second-order valence-electron chi connectivity index (χ2n) is 6.99. The fourth-order valence-electron chi connectivity index (χ4n) is 3.90. The van der Waals surface area contributed by atoms with E-state index in [1.807, 2.05) is 4.90 Å². The third-order valence-electron chi connectivity index (χ3n) is 5.00. The minimum Gasteiger partial charge on any atom is -0.481 e. The molecular formula is C16H28N2O3. The molecule has 1 aliphatic heterocycles. The Labute approximate surface area is 127 Å². The molecule has 1 atom stereocenters. The number of aliphatic carboxylic acids is 1. The van der Waals surface area contributed by atoms with Gasteiger partial charge in [-0.25, -0.2) is 4.79 Å². The van der Waals surface area contributed by atoms with Gasteiger partial charge in [0, 0.05) is 12.6 Å². The summed E-state index contributed by atoms with van der Waals surface area (Å²) < 4.78 is 0. The Morgan fingerprint density at radius 2 is 1.90 bits per heavy atom. The van der Waals surface area contributed by atoms with Crippen LogP contribution in [0, 0.1) is 5.92 Å². The molecule has 2 fully saturated rings. The highest BCUT2D eigenvalue weighted by Crippen LogP contribution is 2.32. The number of nitrogens with zero attached hydrogens (tertiary/aromatic N) is 1. The molecule has 1 aliphatic carbocycles. The van der Waals surface area contributed by atoms with Crippen molar-refractivity contribution in [3.63, 3.8) is 0 Å². The Morgan fingerprint density at radius 3 is 2.48 bits per heavy atom. The number of hydrogen-bond donors (Lipinski definition) is 2. The minimum atomic E-state index is -0.820. The number of urea groups is 1. The summed E-state index contributed by atoms with van der Waals surface area (Å²) >= 11 is 0. The highest BCUT2D eigenvalue weighted by atomic mass is 16.4. The van der Waals surface area contributed by atoms with Gasteiger partial charge in [-0.3, -0.25) is 4.79 Å². The van der Waals surface area contributed by atoms with Crippen molar-refractivity contribution in [1.82, 2.24) is 10.2 Å². The summed E-state index contributed by atoms with van der Waals surface area (Å²) in [6.07, 6.45) is 6.84. The third kappa shape index (κ3) is 3.89. The van der Waals surface area contributed by atoms with Crippen molar-refractivity contribution in [3.8, 4) is 0 Å². The van der Waals surface area contributed by atoms with E-state index in [0.29, 0.717) is 5.92 Å². The lowest BCUT2D eigenvalue weighted by molar-refractivity contribution is -0.139. The van der Waals surface area contributed by atoms with E-state index in [0.717, 1.165) is 51.5 Å². The summed E-state index contributed by atoms with van der Waals surface area (Å²) in [7, 11) is 0. The summed E-state index contributed by atoms with van der Waals surface area (Å²) in [6, 6.07) is 0.227. The van der Waals surface area contributed by atoms with Crippen molar-refractivity contribution >= 4 is 12.0 Å². The smallest absolute Gasteiger partial charge is 0.318 e. The van der Waals surface area contributed by atoms with Crippen molar-refractivity contribution in [2.75, 3.05) is 6.54 Å². The molecule has 0 aromatic heterocycles. The molecule has 21 heavy (non-hydrogen) atoms. The fourth-order valence-corrected chi connectivity index (χ4v) is 3.90. The Balaban J connectivity index is 2.05. The van der Waals surface area contributed by atoms with Crippen LogP contribution < -0.4 is 5.32 Å². The van der Waals surface area contributed by atoms with E-state index in [9.17, 15) is 14.7 Å². The van der Waals surface area contributed by atoms with Crippen LogP contribution >= 0.6 is 0 Å². The number of nitrogens with one attached hydrogen (secondary N) is 1. The second-order valence-corrected chi connectivity index (χ2v) is 6.99. The van der Waals surface area contributed by atoms with Crippen molar-refractivity contribution in [2.24, 2.45) is 5.92 Å². The van der Waals surface area contributed by atoms with Gasteiger partial charge in [-0.2, -0.15) is 0 Å². The monoisotopic (exact) mass is 296 g/mol. The maximum Gasteiger partial charge on any atom is 0.318 e. The van der Waals surface area contributed by atoms with Gasteiger partial charge >= 0.3 is 12.0 Å². The summed E-state index contributed by atoms with van der Waals surface area (Å²) in [4.78, 5) is 25.7. The number of carboxylic acid groups (broad SMARTS) is 1. The number of hydrogen-bond acceptors (Lipinski definition) is 2. The maximum absolute atomic E-state index is 12.6. The van der Waals surface area contributed by atoms with E-state index >= 15 is 0 Å². The van der Waals surface area contributed by atoms with Gasteiger partial charge in [-0.05, 0) is 31.6 Å². The first kappa shape index (κ1) is 16.1. The van der Waals surface area contributed by atoms with E-state index in [2.05, 4.69) is 19.2 Å². The standard InChI is InChI=1S/C16H28N2O3/c1-12(2)13-7-6-10-18(13)15(21)17-16(11-14(19)20)8-4-3-5-9-16/h12-13H,3-11H2,1-2H3,(H,17,21)(H,19,20). The van der Waals surface area contributed by atoms with Crippen LogP contribution in [0.5, 0.6) is 0 Å². The number of rotatable bonds is 4. The molecule has 2 rings (SSSR count). The van der Waals surface area contributed by atoms with Gasteiger partial charge < -0.3 is 15.3 Å². The zero-order valence-electron chi connectivity index (χ0n) is 13.2. The number of carbonyl (C=O) groups is 2. The predicted octanol–water partition coefficient (Wildman–Crippen LogP) is 2.99. The predicted molar refractivity (Wildman–Crippen MR) is 81.2 cm³/mol. The van der Waals surface area contributed by atoms with E-state index in [1.54, 1.807) is 0 Å². The molecule has 2 aliphatic rings. The molecule has 2 amide bonds. The Hall–Kier alpha value is -1.26. The van der Waals surface area contributed by atoms with Crippen LogP contribution in [0.15, 0.2) is 0 Å². The number of carboxylic acids is 1. The quantitative estimate of drug-likeness (QED) is 0.838. The molecule has 2 N–H and O–H groups in total. The summed E-state index contributed by atoms with van der Waals surface area (Å²) in [5, 5.41) is 12.3. The Morgan fingerprint density at radius 1 is 1.24 bits per heavy atom. The summed E-state index contributed by atoms with van der Waals surface area (Å²) in [6.45, 7) is 5.08. The van der Waals surface area contributed by atoms with Crippen molar-refractivity contribution < 1.29 is 14.7 Å². The van der Waals surface area contributed by atoms with Gasteiger partial charge in [-0.15, -0.1) is 0 Å². The molecule has 0 aromatic rings. The molecule has 0 radical (unpaired) electrons. The molecule has 1 heterocycles. The van der Waals surface area contributed by atoms with Gasteiger partial charge in [0.1, 0.15) is 0 Å². The van der Waals surface area contributed by atoms with Crippen LogP contribution in [-0.4, -0.2) is 40.1 Å². The summed E-state index contributed by atoms with van der Waals surface area (Å²) in [5.41, 5.74) is -0.536. The van der Waals surface area contributed by atoms with Crippen LogP contribution in [-0.2, 0) is 4.79 Å². The highest BCUT2D eigenvalue weighted by molar-refractivity contribution is 5.77.